The van der Waals surface area contributed by atoms with Gasteiger partial charge in [-0.3, -0.25) is 29.3 Å². The molecule has 0 fully saturated rings. The molecule has 314 valence electrons. The fraction of sp³-hybridized carbons (Fsp3) is 0.465. The zero-order valence-corrected chi connectivity index (χ0v) is 35.1. The number of carbonyl (C=O) groups is 5. The molecule has 2 atom stereocenters. The topological polar surface area (TPSA) is 232 Å². The van der Waals surface area contributed by atoms with Crippen LogP contribution < -0.4 is 32.3 Å². The molecule has 0 aromatic heterocycles. The Labute approximate surface area is 337 Å². The molecule has 3 aromatic carbocycles. The lowest BCUT2D eigenvalue weighted by atomic mass is 9.97. The standard InChI is InChI=1S/C17H25N3O4.C14H22N2O2.C12H17NO2/c1-10(20-17(2,3)9-21)14(22)11-6-12(15(23)18-4)8-13(7-11)16(24)19-5;1-4-12(16-14(2,3)9-17)13(18)10-5-7-11(15)8-6-10;1-12(2,9-14)13-8-11(15)10-6-4-3-5-7-10/h6-8,10,20-21H,9H2,1-5H3,(H,18,23)(H,19,24);5-8,12,16-17H,4,9,15H2,1-3H3;3-7,13-14H,8-9H2,1-2H3. The van der Waals surface area contributed by atoms with Crippen molar-refractivity contribution in [3.8, 4) is 0 Å². The largest absolute Gasteiger partial charge is 0.399 e. The molecule has 0 aliphatic carbocycles. The van der Waals surface area contributed by atoms with Crippen molar-refractivity contribution in [2.75, 3.05) is 46.2 Å². The molecule has 14 heteroatoms. The van der Waals surface area contributed by atoms with E-state index < -0.39 is 22.7 Å². The number of anilines is 1. The third kappa shape index (κ3) is 17.5. The lowest BCUT2D eigenvalue weighted by Gasteiger charge is -2.29. The SMILES string of the molecule is CC(C)(CO)NCC(=O)c1ccccc1.CCC(NC(C)(C)CO)C(=O)c1ccc(N)cc1.CNC(=O)c1cc(C(=O)NC)cc(C(=O)C(C)NC(C)(C)CO)c1. The Morgan fingerprint density at radius 1 is 0.614 bits per heavy atom. The summed E-state index contributed by atoms with van der Waals surface area (Å²) in [5.41, 5.74) is 6.78. The summed E-state index contributed by atoms with van der Waals surface area (Å²) in [6.45, 7) is 14.7. The molecule has 2 amide bonds. The highest BCUT2D eigenvalue weighted by Crippen LogP contribution is 2.16. The Morgan fingerprint density at radius 3 is 1.51 bits per heavy atom. The minimum absolute atomic E-state index is 0.00900. The normalized spacial score (nSPS) is 12.4. The molecule has 0 heterocycles. The van der Waals surface area contributed by atoms with Crippen molar-refractivity contribution in [2.24, 2.45) is 0 Å². The van der Waals surface area contributed by atoms with Gasteiger partial charge in [0.1, 0.15) is 0 Å². The summed E-state index contributed by atoms with van der Waals surface area (Å²) in [5, 5.41) is 41.7. The maximum atomic E-state index is 12.7. The third-order valence-corrected chi connectivity index (χ3v) is 8.69. The van der Waals surface area contributed by atoms with Gasteiger partial charge in [0.2, 0.25) is 0 Å². The molecule has 0 bridgehead atoms. The number of aliphatic hydroxyl groups excluding tert-OH is 3. The maximum absolute atomic E-state index is 12.7. The van der Waals surface area contributed by atoms with Crippen LogP contribution in [0.15, 0.2) is 72.8 Å². The molecule has 0 radical (unpaired) electrons. The molecule has 0 saturated heterocycles. The molecule has 3 aromatic rings. The van der Waals surface area contributed by atoms with E-state index in [9.17, 15) is 34.2 Å². The van der Waals surface area contributed by atoms with Crippen LogP contribution in [0.5, 0.6) is 0 Å². The number of hydrogen-bond donors (Lipinski definition) is 9. The Balaban J connectivity index is 0.000000441. The Morgan fingerprint density at radius 2 is 1.07 bits per heavy atom. The monoisotopic (exact) mass is 792 g/mol. The fourth-order valence-electron chi connectivity index (χ4n) is 5.09. The number of carbonyl (C=O) groups excluding carboxylic acids is 5. The summed E-state index contributed by atoms with van der Waals surface area (Å²) in [5.74, 6) is -0.971. The summed E-state index contributed by atoms with van der Waals surface area (Å²) in [6, 6.07) is 19.5. The second-order valence-corrected chi connectivity index (χ2v) is 15.5. The zero-order chi connectivity index (χ0) is 43.6. The minimum Gasteiger partial charge on any atom is -0.399 e. The average Bonchev–Trinajstić information content (AvgIpc) is 3.21. The van der Waals surface area contributed by atoms with E-state index in [4.69, 9.17) is 10.8 Å². The first-order valence-electron chi connectivity index (χ1n) is 18.8. The first-order valence-corrected chi connectivity index (χ1v) is 18.8. The molecule has 0 spiro atoms. The van der Waals surface area contributed by atoms with Gasteiger partial charge in [-0.05, 0) is 97.4 Å². The molecule has 0 aliphatic rings. The third-order valence-electron chi connectivity index (χ3n) is 8.69. The van der Waals surface area contributed by atoms with Gasteiger partial charge in [-0.1, -0.05) is 37.3 Å². The second-order valence-electron chi connectivity index (χ2n) is 15.5. The number of nitrogens with one attached hydrogen (secondary N) is 5. The van der Waals surface area contributed by atoms with Crippen LogP contribution in [-0.2, 0) is 0 Å². The molecule has 0 aliphatic heterocycles. The van der Waals surface area contributed by atoms with Gasteiger partial charge in [0.15, 0.2) is 17.3 Å². The number of benzene rings is 3. The predicted molar refractivity (Wildman–Crippen MR) is 225 cm³/mol. The highest BCUT2D eigenvalue weighted by atomic mass is 16.3. The number of aliphatic hydroxyl groups is 3. The Hall–Kier alpha value is -4.83. The fourth-order valence-corrected chi connectivity index (χ4v) is 5.09. The number of nitrogens with two attached hydrogens (primary N) is 1. The molecule has 57 heavy (non-hydrogen) atoms. The van der Waals surface area contributed by atoms with Crippen molar-refractivity contribution in [2.45, 2.75) is 90.5 Å². The molecule has 3 rings (SSSR count). The van der Waals surface area contributed by atoms with Crippen molar-refractivity contribution in [3.05, 3.63) is 101 Å². The smallest absolute Gasteiger partial charge is 0.251 e. The summed E-state index contributed by atoms with van der Waals surface area (Å²) >= 11 is 0. The number of rotatable bonds is 18. The van der Waals surface area contributed by atoms with Crippen LogP contribution in [0.25, 0.3) is 0 Å². The van der Waals surface area contributed by atoms with Gasteiger partial charge in [0.25, 0.3) is 11.8 Å². The second kappa shape index (κ2) is 23.4. The van der Waals surface area contributed by atoms with Gasteiger partial charge in [0.05, 0.1) is 38.4 Å². The van der Waals surface area contributed by atoms with Crippen molar-refractivity contribution in [1.82, 2.24) is 26.6 Å². The van der Waals surface area contributed by atoms with E-state index in [1.165, 1.54) is 32.3 Å². The molecule has 14 nitrogen and oxygen atoms in total. The molecule has 0 saturated carbocycles. The van der Waals surface area contributed by atoms with Gasteiger partial charge >= 0.3 is 0 Å². The van der Waals surface area contributed by atoms with E-state index >= 15 is 0 Å². The highest BCUT2D eigenvalue weighted by molar-refractivity contribution is 6.06. The van der Waals surface area contributed by atoms with E-state index in [0.717, 1.165) is 0 Å². The first-order chi connectivity index (χ1) is 26.6. The van der Waals surface area contributed by atoms with E-state index in [0.29, 0.717) is 23.2 Å². The van der Waals surface area contributed by atoms with Gasteiger partial charge in [-0.15, -0.1) is 0 Å². The zero-order valence-electron chi connectivity index (χ0n) is 35.1. The summed E-state index contributed by atoms with van der Waals surface area (Å²) in [7, 11) is 2.95. The average molecular weight is 793 g/mol. The molecular formula is C43H64N6O8. The molecular weight excluding hydrogens is 729 g/mol. The van der Waals surface area contributed by atoms with Crippen LogP contribution in [0.4, 0.5) is 5.69 Å². The van der Waals surface area contributed by atoms with Crippen molar-refractivity contribution < 1.29 is 39.3 Å². The Kier molecular flexibility index (Phi) is 20.6. The van der Waals surface area contributed by atoms with Gasteiger partial charge in [-0.2, -0.15) is 0 Å². The van der Waals surface area contributed by atoms with Crippen LogP contribution in [0.1, 0.15) is 114 Å². The lowest BCUT2D eigenvalue weighted by molar-refractivity contribution is 0.0892. The van der Waals surface area contributed by atoms with Crippen LogP contribution in [0, 0.1) is 0 Å². The van der Waals surface area contributed by atoms with E-state index in [-0.39, 0.29) is 78.3 Å². The van der Waals surface area contributed by atoms with Crippen molar-refractivity contribution >= 4 is 34.9 Å². The van der Waals surface area contributed by atoms with Crippen LogP contribution in [0.2, 0.25) is 0 Å². The molecule has 10 N–H and O–H groups in total. The van der Waals surface area contributed by atoms with E-state index in [2.05, 4.69) is 26.6 Å². The van der Waals surface area contributed by atoms with Crippen molar-refractivity contribution in [3.63, 3.8) is 0 Å². The van der Waals surface area contributed by atoms with E-state index in [1.807, 2.05) is 52.8 Å². The number of amides is 2. The first kappa shape index (κ1) is 50.2. The number of ketones is 3. The predicted octanol–water partition coefficient (Wildman–Crippen LogP) is 3.16. The maximum Gasteiger partial charge on any atom is 0.251 e. The quantitative estimate of drug-likeness (QED) is 0.0668. The number of Topliss-reactive ketones (excluding diaryl/α,β-unsaturated/α-hetero) is 3. The highest BCUT2D eigenvalue weighted by Gasteiger charge is 2.27. The summed E-state index contributed by atoms with van der Waals surface area (Å²) in [4.78, 5) is 60.4. The minimum atomic E-state index is -0.628. The van der Waals surface area contributed by atoms with Crippen LogP contribution in [0.3, 0.4) is 0 Å². The van der Waals surface area contributed by atoms with Crippen LogP contribution in [-0.4, -0.2) is 114 Å². The van der Waals surface area contributed by atoms with Gasteiger partial charge < -0.3 is 42.3 Å². The summed E-state index contributed by atoms with van der Waals surface area (Å²) in [6.07, 6.45) is 0.673. The number of hydrogen-bond acceptors (Lipinski definition) is 12. The summed E-state index contributed by atoms with van der Waals surface area (Å²) < 4.78 is 0. The van der Waals surface area contributed by atoms with E-state index in [1.54, 1.807) is 57.2 Å². The van der Waals surface area contributed by atoms with Gasteiger partial charge in [0, 0.05) is 64.2 Å². The van der Waals surface area contributed by atoms with Gasteiger partial charge in [-0.25, -0.2) is 0 Å². The van der Waals surface area contributed by atoms with Crippen molar-refractivity contribution in [1.29, 1.82) is 0 Å². The Bertz CT molecular complexity index is 1730. The number of nitrogen functional groups attached to an aromatic ring is 1. The lowest BCUT2D eigenvalue weighted by Crippen LogP contribution is -2.51. The van der Waals surface area contributed by atoms with Crippen LogP contribution >= 0.6 is 0 Å². The molecule has 2 unspecified atom stereocenters.